The lowest BCUT2D eigenvalue weighted by Crippen LogP contribution is -2.32. The molecule has 1 saturated heterocycles. The molecule has 1 heterocycles. The van der Waals surface area contributed by atoms with E-state index in [0.29, 0.717) is 18.8 Å². The first-order valence-electron chi connectivity index (χ1n) is 9.47. The second kappa shape index (κ2) is 9.36. The number of carbonyl (C=O) groups excluding carboxylic acids is 1. The Balaban J connectivity index is 1.63. The molecule has 1 amide bonds. The first-order chi connectivity index (χ1) is 13.9. The molecule has 8 nitrogen and oxygen atoms in total. The number of ether oxygens (including phenoxy) is 1. The van der Waals surface area contributed by atoms with Crippen molar-refractivity contribution in [3.63, 3.8) is 0 Å². The molecule has 29 heavy (non-hydrogen) atoms. The van der Waals surface area contributed by atoms with E-state index in [2.05, 4.69) is 20.9 Å². The molecule has 0 radical (unpaired) electrons. The Hall–Kier alpha value is -2.46. The Morgan fingerprint density at radius 3 is 2.45 bits per heavy atom. The Kier molecular flexibility index (Phi) is 6.86. The SMILES string of the molecule is CCOc1ccc(C2NNCC2CNS(=O)(=O)c2ccc(NC(C)=O)cc2)cc1. The highest BCUT2D eigenvalue weighted by Crippen LogP contribution is 2.26. The molecular weight excluding hydrogens is 392 g/mol. The van der Waals surface area contributed by atoms with Crippen LogP contribution in [0, 0.1) is 5.92 Å². The molecule has 156 valence electrons. The molecule has 0 saturated carbocycles. The van der Waals surface area contributed by atoms with Gasteiger partial charge < -0.3 is 10.1 Å². The van der Waals surface area contributed by atoms with E-state index in [-0.39, 0.29) is 29.3 Å². The fourth-order valence-corrected chi connectivity index (χ4v) is 4.33. The lowest BCUT2D eigenvalue weighted by atomic mass is 9.95. The normalized spacial score (nSPS) is 19.1. The van der Waals surface area contributed by atoms with Crippen LogP contribution < -0.4 is 25.6 Å². The molecule has 9 heteroatoms. The van der Waals surface area contributed by atoms with Crippen molar-refractivity contribution in [2.75, 3.05) is 25.0 Å². The first kappa shape index (κ1) is 21.3. The van der Waals surface area contributed by atoms with Crippen molar-refractivity contribution >= 4 is 21.6 Å². The van der Waals surface area contributed by atoms with E-state index in [0.717, 1.165) is 11.3 Å². The molecule has 4 N–H and O–H groups in total. The maximum absolute atomic E-state index is 12.6. The van der Waals surface area contributed by atoms with E-state index < -0.39 is 10.0 Å². The summed E-state index contributed by atoms with van der Waals surface area (Å²) < 4.78 is 33.4. The van der Waals surface area contributed by atoms with E-state index in [4.69, 9.17) is 4.74 Å². The number of benzene rings is 2. The average molecular weight is 419 g/mol. The number of hydrazine groups is 1. The predicted octanol–water partition coefficient (Wildman–Crippen LogP) is 1.79. The lowest BCUT2D eigenvalue weighted by molar-refractivity contribution is -0.114. The van der Waals surface area contributed by atoms with Crippen LogP contribution in [0.5, 0.6) is 5.75 Å². The summed E-state index contributed by atoms with van der Waals surface area (Å²) in [4.78, 5) is 11.2. The van der Waals surface area contributed by atoms with Gasteiger partial charge >= 0.3 is 0 Å². The van der Waals surface area contributed by atoms with Gasteiger partial charge in [-0.1, -0.05) is 12.1 Å². The minimum Gasteiger partial charge on any atom is -0.494 e. The Morgan fingerprint density at radius 1 is 1.14 bits per heavy atom. The van der Waals surface area contributed by atoms with Gasteiger partial charge in [-0.15, -0.1) is 0 Å². The second-order valence-corrected chi connectivity index (χ2v) is 8.59. The highest BCUT2D eigenvalue weighted by Gasteiger charge is 2.29. The molecule has 1 aliphatic heterocycles. The summed E-state index contributed by atoms with van der Waals surface area (Å²) in [5.74, 6) is 0.642. The summed E-state index contributed by atoms with van der Waals surface area (Å²) in [5.41, 5.74) is 7.93. The lowest BCUT2D eigenvalue weighted by Gasteiger charge is -2.19. The quantitative estimate of drug-likeness (QED) is 0.521. The zero-order valence-electron chi connectivity index (χ0n) is 16.4. The number of carbonyl (C=O) groups is 1. The van der Waals surface area contributed by atoms with E-state index in [1.165, 1.54) is 19.1 Å². The van der Waals surface area contributed by atoms with E-state index in [1.807, 2.05) is 31.2 Å². The third kappa shape index (κ3) is 5.54. The summed E-state index contributed by atoms with van der Waals surface area (Å²) in [6, 6.07) is 13.9. The van der Waals surface area contributed by atoms with Gasteiger partial charge in [-0.25, -0.2) is 18.6 Å². The Morgan fingerprint density at radius 2 is 1.83 bits per heavy atom. The van der Waals surface area contributed by atoms with Gasteiger partial charge in [-0.2, -0.15) is 0 Å². The molecule has 0 spiro atoms. The molecule has 0 aliphatic carbocycles. The van der Waals surface area contributed by atoms with Crippen LogP contribution in [0.3, 0.4) is 0 Å². The minimum absolute atomic E-state index is 0.0180. The monoisotopic (exact) mass is 418 g/mol. The van der Waals surface area contributed by atoms with Crippen LogP contribution in [0.2, 0.25) is 0 Å². The van der Waals surface area contributed by atoms with Crippen LogP contribution in [-0.4, -0.2) is 34.0 Å². The third-order valence-corrected chi connectivity index (χ3v) is 6.10. The Labute approximate surface area is 171 Å². The second-order valence-electron chi connectivity index (χ2n) is 6.82. The van der Waals surface area contributed by atoms with E-state index >= 15 is 0 Å². The molecule has 2 aromatic carbocycles. The zero-order valence-corrected chi connectivity index (χ0v) is 17.3. The molecular formula is C20H26N4O4S. The fourth-order valence-electron chi connectivity index (χ4n) is 3.24. The first-order valence-corrected chi connectivity index (χ1v) is 11.0. The number of nitrogens with one attached hydrogen (secondary N) is 4. The van der Waals surface area contributed by atoms with Crippen LogP contribution >= 0.6 is 0 Å². The number of rotatable bonds is 8. The summed E-state index contributed by atoms with van der Waals surface area (Å²) in [6.45, 7) is 4.87. The van der Waals surface area contributed by atoms with Crippen LogP contribution in [0.4, 0.5) is 5.69 Å². The highest BCUT2D eigenvalue weighted by molar-refractivity contribution is 7.89. The molecule has 0 bridgehead atoms. The smallest absolute Gasteiger partial charge is 0.240 e. The number of anilines is 1. The maximum Gasteiger partial charge on any atom is 0.240 e. The van der Waals surface area contributed by atoms with Gasteiger partial charge in [0, 0.05) is 31.6 Å². The van der Waals surface area contributed by atoms with Crippen molar-refractivity contribution in [2.24, 2.45) is 5.92 Å². The molecule has 1 fully saturated rings. The largest absolute Gasteiger partial charge is 0.494 e. The molecule has 0 aromatic heterocycles. The standard InChI is InChI=1S/C20H26N4O4S/c1-3-28-18-8-4-15(5-9-18)20-16(12-21-24-20)13-22-29(26,27)19-10-6-17(7-11-19)23-14(2)25/h4-11,16,20-22,24H,3,12-13H2,1-2H3,(H,23,25). The number of sulfonamides is 1. The van der Waals surface area contributed by atoms with Crippen molar-refractivity contribution in [3.8, 4) is 5.75 Å². The highest BCUT2D eigenvalue weighted by atomic mass is 32.2. The summed E-state index contributed by atoms with van der Waals surface area (Å²) in [6.07, 6.45) is 0. The maximum atomic E-state index is 12.6. The number of hydrogen-bond donors (Lipinski definition) is 4. The molecule has 2 unspecified atom stereocenters. The minimum atomic E-state index is -3.65. The molecule has 3 rings (SSSR count). The van der Waals surface area contributed by atoms with Crippen molar-refractivity contribution in [3.05, 3.63) is 54.1 Å². The van der Waals surface area contributed by atoms with Crippen LogP contribution in [0.15, 0.2) is 53.4 Å². The van der Waals surface area contributed by atoms with Crippen molar-refractivity contribution in [1.29, 1.82) is 0 Å². The topological polar surface area (TPSA) is 109 Å². The third-order valence-electron chi connectivity index (χ3n) is 4.66. The van der Waals surface area contributed by atoms with Gasteiger partial charge in [0.2, 0.25) is 15.9 Å². The van der Waals surface area contributed by atoms with Crippen molar-refractivity contribution < 1.29 is 17.9 Å². The van der Waals surface area contributed by atoms with Crippen molar-refractivity contribution in [1.82, 2.24) is 15.6 Å². The van der Waals surface area contributed by atoms with Gasteiger partial charge in [0.25, 0.3) is 0 Å². The van der Waals surface area contributed by atoms with Gasteiger partial charge in [-0.05, 0) is 48.9 Å². The number of amides is 1. The van der Waals surface area contributed by atoms with Gasteiger partial charge in [0.15, 0.2) is 0 Å². The van der Waals surface area contributed by atoms with Crippen LogP contribution in [0.1, 0.15) is 25.5 Å². The molecule has 1 aliphatic rings. The van der Waals surface area contributed by atoms with Gasteiger partial charge in [0.05, 0.1) is 17.5 Å². The van der Waals surface area contributed by atoms with Crippen LogP contribution in [-0.2, 0) is 14.8 Å². The van der Waals surface area contributed by atoms with E-state index in [9.17, 15) is 13.2 Å². The fraction of sp³-hybridized carbons (Fsp3) is 0.350. The van der Waals surface area contributed by atoms with E-state index in [1.54, 1.807) is 12.1 Å². The van der Waals surface area contributed by atoms with Crippen LogP contribution in [0.25, 0.3) is 0 Å². The van der Waals surface area contributed by atoms with Crippen molar-refractivity contribution in [2.45, 2.75) is 24.8 Å². The van der Waals surface area contributed by atoms with Gasteiger partial charge in [-0.3, -0.25) is 10.2 Å². The summed E-state index contributed by atoms with van der Waals surface area (Å²) >= 11 is 0. The number of hydrogen-bond acceptors (Lipinski definition) is 6. The zero-order chi connectivity index (χ0) is 20.9. The molecule has 2 atom stereocenters. The summed E-state index contributed by atoms with van der Waals surface area (Å²) in [5, 5.41) is 2.62. The molecule has 2 aromatic rings. The average Bonchev–Trinajstić information content (AvgIpc) is 3.16. The summed E-state index contributed by atoms with van der Waals surface area (Å²) in [7, 11) is -3.65. The Bertz CT molecular complexity index is 930. The van der Waals surface area contributed by atoms with Gasteiger partial charge in [0.1, 0.15) is 5.75 Å². The predicted molar refractivity (Wildman–Crippen MR) is 111 cm³/mol.